The van der Waals surface area contributed by atoms with E-state index in [4.69, 9.17) is 14.2 Å². The van der Waals surface area contributed by atoms with Crippen molar-refractivity contribution in [3.05, 3.63) is 34.4 Å². The van der Waals surface area contributed by atoms with Crippen LogP contribution in [0.2, 0.25) is 0 Å². The zero-order valence-corrected chi connectivity index (χ0v) is 29.1. The Morgan fingerprint density at radius 3 is 2.21 bits per heavy atom. The Morgan fingerprint density at radius 2 is 1.56 bits per heavy atom. The normalized spacial score (nSPS) is 18.1. The summed E-state index contributed by atoms with van der Waals surface area (Å²) in [5, 5.41) is 22.6. The van der Waals surface area contributed by atoms with Gasteiger partial charge in [0.15, 0.2) is 0 Å². The molecular weight excluding hydrogens is 665 g/mol. The number of nitro benzene ring substituents is 1. The summed E-state index contributed by atoms with van der Waals surface area (Å²) < 4.78 is 16.5. The number of fused-ring (bicyclic) bond motifs is 1. The molecule has 2 fully saturated rings. The van der Waals surface area contributed by atoms with E-state index >= 15 is 0 Å². The van der Waals surface area contributed by atoms with E-state index in [1.54, 1.807) is 19.2 Å². The van der Waals surface area contributed by atoms with E-state index in [9.17, 15) is 29.3 Å². The number of benzene rings is 1. The average molecular weight is 713 g/mol. The molecule has 48 heavy (non-hydrogen) atoms. The molecule has 3 rings (SSSR count). The van der Waals surface area contributed by atoms with Crippen LogP contribution in [0.1, 0.15) is 38.5 Å². The van der Waals surface area contributed by atoms with Gasteiger partial charge >= 0.3 is 6.03 Å². The van der Waals surface area contributed by atoms with Gasteiger partial charge in [0.1, 0.15) is 0 Å². The minimum absolute atomic E-state index is 0.0188. The average Bonchev–Trinajstić information content (AvgIpc) is 3.62. The van der Waals surface area contributed by atoms with Crippen LogP contribution in [0, 0.1) is 10.1 Å². The second-order valence-electron chi connectivity index (χ2n) is 11.4. The number of nitrogens with zero attached hydrogens (tertiary/aromatic N) is 2. The smallest absolute Gasteiger partial charge is 0.315 e. The van der Waals surface area contributed by atoms with Crippen molar-refractivity contribution < 1.29 is 38.3 Å². The SMILES string of the molecule is CN(CC(=O)NCCCOCCOCCOCCCNC(=O)CSc1ccc([N+](=O)[O-])cc1)C(=O)CCCC[C@@H]1SC[C@@H]2NC(=O)N[C@@H]21. The molecule has 0 saturated carbocycles. The Kier molecular flexibility index (Phi) is 18.4. The van der Waals surface area contributed by atoms with Gasteiger partial charge < -0.3 is 40.4 Å². The van der Waals surface area contributed by atoms with Crippen molar-refractivity contribution in [3.63, 3.8) is 0 Å². The molecule has 3 atom stereocenters. The summed E-state index contributed by atoms with van der Waals surface area (Å²) in [6.07, 6.45) is 4.33. The van der Waals surface area contributed by atoms with E-state index in [0.29, 0.717) is 77.2 Å². The number of unbranched alkanes of at least 4 members (excludes halogenated alkanes) is 1. The molecule has 4 N–H and O–H groups in total. The number of amides is 5. The fraction of sp³-hybridized carbons (Fsp3) is 0.677. The molecular formula is C31H48N6O9S2. The van der Waals surface area contributed by atoms with Crippen LogP contribution in [-0.2, 0) is 28.6 Å². The number of carbonyl (C=O) groups is 4. The first kappa shape index (κ1) is 39.3. The second kappa shape index (κ2) is 22.5. The molecule has 2 heterocycles. The van der Waals surface area contributed by atoms with Crippen LogP contribution in [0.4, 0.5) is 10.5 Å². The largest absolute Gasteiger partial charge is 0.379 e. The van der Waals surface area contributed by atoms with Crippen molar-refractivity contribution in [2.24, 2.45) is 0 Å². The highest BCUT2D eigenvalue weighted by Gasteiger charge is 2.42. The van der Waals surface area contributed by atoms with E-state index < -0.39 is 4.92 Å². The highest BCUT2D eigenvalue weighted by molar-refractivity contribution is 8.00. The van der Waals surface area contributed by atoms with Crippen molar-refractivity contribution >= 4 is 53.0 Å². The van der Waals surface area contributed by atoms with Gasteiger partial charge in [-0.05, 0) is 37.8 Å². The minimum Gasteiger partial charge on any atom is -0.379 e. The third-order valence-corrected chi connectivity index (χ3v) is 10.1. The molecule has 0 radical (unpaired) electrons. The van der Waals surface area contributed by atoms with E-state index in [1.807, 2.05) is 11.8 Å². The molecule has 0 aromatic heterocycles. The maximum Gasteiger partial charge on any atom is 0.315 e. The van der Waals surface area contributed by atoms with Crippen molar-refractivity contribution in [2.75, 3.05) is 77.8 Å². The number of hydrogen-bond acceptors (Lipinski definition) is 11. The number of likely N-dealkylation sites (N-methyl/N-ethyl adjacent to an activating group) is 1. The van der Waals surface area contributed by atoms with Gasteiger partial charge in [0, 0.05) is 67.8 Å². The standard InChI is InChI=1S/C31H48N6O9S2/c1-36(29(40)7-3-2-6-26-30-25(21-48-26)34-31(41)35-30)20-27(38)32-12-4-14-44-16-18-46-19-17-45-15-5-13-33-28(39)22-47-24-10-8-23(9-11-24)37(42)43/h8-11,25-26,30H,2-7,12-22H2,1H3,(H,32,38)(H,33,39)(H2,34,35,41)/t25-,26-,30-/m0/s1. The Bertz CT molecular complexity index is 1180. The predicted molar refractivity (Wildman–Crippen MR) is 183 cm³/mol. The lowest BCUT2D eigenvalue weighted by Crippen LogP contribution is -2.38. The maximum atomic E-state index is 12.4. The van der Waals surface area contributed by atoms with Gasteiger partial charge in [-0.25, -0.2) is 4.79 Å². The minimum atomic E-state index is -0.459. The monoisotopic (exact) mass is 712 g/mol. The van der Waals surface area contributed by atoms with Crippen LogP contribution >= 0.6 is 23.5 Å². The summed E-state index contributed by atoms with van der Waals surface area (Å²) in [6, 6.07) is 6.38. The lowest BCUT2D eigenvalue weighted by atomic mass is 10.0. The van der Waals surface area contributed by atoms with Crippen LogP contribution in [0.3, 0.4) is 0 Å². The number of ether oxygens (including phenoxy) is 3. The molecule has 1 aromatic carbocycles. The highest BCUT2D eigenvalue weighted by Crippen LogP contribution is 2.33. The number of thioether (sulfide) groups is 2. The summed E-state index contributed by atoms with van der Waals surface area (Å²) in [5.41, 5.74) is 0.0188. The summed E-state index contributed by atoms with van der Waals surface area (Å²) in [4.78, 5) is 60.5. The number of carbonyl (C=O) groups excluding carboxylic acids is 4. The quantitative estimate of drug-likeness (QED) is 0.0381. The summed E-state index contributed by atoms with van der Waals surface area (Å²) in [6.45, 7) is 3.68. The number of nitro groups is 1. The third kappa shape index (κ3) is 15.4. The van der Waals surface area contributed by atoms with Crippen molar-refractivity contribution in [3.8, 4) is 0 Å². The van der Waals surface area contributed by atoms with E-state index in [0.717, 1.165) is 29.9 Å². The van der Waals surface area contributed by atoms with Gasteiger partial charge in [0.2, 0.25) is 17.7 Å². The van der Waals surface area contributed by atoms with Gasteiger partial charge in [-0.2, -0.15) is 11.8 Å². The molecule has 2 saturated heterocycles. The molecule has 5 amide bonds. The molecule has 1 aromatic rings. The zero-order valence-electron chi connectivity index (χ0n) is 27.4. The van der Waals surface area contributed by atoms with Gasteiger partial charge in [0.05, 0.1) is 55.7 Å². The summed E-state index contributed by atoms with van der Waals surface area (Å²) in [5.74, 6) is 0.792. The molecule has 2 aliphatic heterocycles. The summed E-state index contributed by atoms with van der Waals surface area (Å²) >= 11 is 3.18. The van der Waals surface area contributed by atoms with Crippen LogP contribution in [0.25, 0.3) is 0 Å². The van der Waals surface area contributed by atoms with Crippen molar-refractivity contribution in [2.45, 2.75) is 60.8 Å². The lowest BCUT2D eigenvalue weighted by Gasteiger charge is -2.18. The second-order valence-corrected chi connectivity index (χ2v) is 13.7. The Morgan fingerprint density at radius 1 is 0.938 bits per heavy atom. The van der Waals surface area contributed by atoms with Crippen molar-refractivity contribution in [1.82, 2.24) is 26.2 Å². The molecule has 15 nitrogen and oxygen atoms in total. The number of hydrogen-bond donors (Lipinski definition) is 4. The Hall–Kier alpha value is -3.12. The maximum absolute atomic E-state index is 12.4. The van der Waals surface area contributed by atoms with Crippen LogP contribution in [0.5, 0.6) is 0 Å². The zero-order chi connectivity index (χ0) is 34.6. The first-order chi connectivity index (χ1) is 23.2. The number of urea groups is 1. The lowest BCUT2D eigenvalue weighted by molar-refractivity contribution is -0.384. The Balaban J connectivity index is 1.03. The molecule has 0 bridgehead atoms. The van der Waals surface area contributed by atoms with Crippen LogP contribution in [0.15, 0.2) is 29.2 Å². The molecule has 17 heteroatoms. The van der Waals surface area contributed by atoms with E-state index in [2.05, 4.69) is 21.3 Å². The van der Waals surface area contributed by atoms with Crippen molar-refractivity contribution in [1.29, 1.82) is 0 Å². The molecule has 0 aliphatic carbocycles. The molecule has 2 aliphatic rings. The fourth-order valence-electron chi connectivity index (χ4n) is 5.03. The Labute approximate surface area is 289 Å². The van der Waals surface area contributed by atoms with Gasteiger partial charge in [-0.15, -0.1) is 11.8 Å². The van der Waals surface area contributed by atoms with E-state index in [-0.39, 0.29) is 53.8 Å². The van der Waals surface area contributed by atoms with E-state index in [1.165, 1.54) is 28.8 Å². The topological polar surface area (TPSA) is 190 Å². The van der Waals surface area contributed by atoms with Crippen LogP contribution in [-0.4, -0.2) is 129 Å². The van der Waals surface area contributed by atoms with Gasteiger partial charge in [0.25, 0.3) is 5.69 Å². The number of nitrogens with one attached hydrogen (secondary N) is 4. The number of non-ortho nitro benzene ring substituents is 1. The molecule has 0 unspecified atom stereocenters. The highest BCUT2D eigenvalue weighted by atomic mass is 32.2. The molecule has 0 spiro atoms. The summed E-state index contributed by atoms with van der Waals surface area (Å²) in [7, 11) is 1.64. The third-order valence-electron chi connectivity index (χ3n) is 7.61. The van der Waals surface area contributed by atoms with Gasteiger partial charge in [-0.1, -0.05) is 6.42 Å². The van der Waals surface area contributed by atoms with Gasteiger partial charge in [-0.3, -0.25) is 24.5 Å². The van der Waals surface area contributed by atoms with Crippen LogP contribution < -0.4 is 21.3 Å². The predicted octanol–water partition coefficient (Wildman–Crippen LogP) is 1.93. The molecule has 268 valence electrons. The first-order valence-electron chi connectivity index (χ1n) is 16.3. The first-order valence-corrected chi connectivity index (χ1v) is 18.3. The number of rotatable bonds is 25. The fourth-order valence-corrected chi connectivity index (χ4v) is 7.30.